The Kier molecular flexibility index (Phi) is 4.94. The minimum Gasteiger partial charge on any atom is -0.493 e. The summed E-state index contributed by atoms with van der Waals surface area (Å²) >= 11 is 0. The lowest BCUT2D eigenvalue weighted by Crippen LogP contribution is -1.99. The molecule has 0 saturated carbocycles. The van der Waals surface area contributed by atoms with E-state index in [1.165, 1.54) is 11.1 Å². The summed E-state index contributed by atoms with van der Waals surface area (Å²) in [6.45, 7) is 9.75. The quantitative estimate of drug-likeness (QED) is 0.525. The zero-order chi connectivity index (χ0) is 17.1. The van der Waals surface area contributed by atoms with Crippen molar-refractivity contribution in [1.82, 2.24) is 0 Å². The van der Waals surface area contributed by atoms with Crippen LogP contribution in [0.4, 0.5) is 0 Å². The molecule has 3 aromatic carbocycles. The zero-order valence-electron chi connectivity index (χ0n) is 15.1. The molecule has 0 aromatic heterocycles. The molecule has 126 valence electrons. The largest absolute Gasteiger partial charge is 0.493 e. The van der Waals surface area contributed by atoms with Crippen LogP contribution in [0.15, 0.2) is 36.4 Å². The molecule has 0 saturated heterocycles. The average molecular weight is 322 g/mol. The Hall–Kier alpha value is -2.22. The van der Waals surface area contributed by atoms with Crippen molar-refractivity contribution in [3.8, 4) is 11.5 Å². The molecule has 0 aliphatic heterocycles. The first-order valence-corrected chi connectivity index (χ1v) is 9.00. The van der Waals surface area contributed by atoms with Crippen LogP contribution in [0.25, 0.3) is 21.5 Å². The first-order valence-electron chi connectivity index (χ1n) is 9.00. The topological polar surface area (TPSA) is 18.5 Å². The van der Waals surface area contributed by atoms with Crippen LogP contribution in [0.1, 0.15) is 38.8 Å². The van der Waals surface area contributed by atoms with Gasteiger partial charge in [-0.1, -0.05) is 38.1 Å². The molecule has 3 aromatic rings. The number of fused-ring (bicyclic) bond motifs is 2. The van der Waals surface area contributed by atoms with E-state index in [0.29, 0.717) is 13.2 Å². The minimum atomic E-state index is 0.657. The molecule has 0 bridgehead atoms. The van der Waals surface area contributed by atoms with E-state index in [2.05, 4.69) is 50.2 Å². The Labute approximate surface area is 144 Å². The van der Waals surface area contributed by atoms with Crippen LogP contribution < -0.4 is 9.47 Å². The maximum atomic E-state index is 6.08. The first-order chi connectivity index (χ1) is 11.7. The minimum absolute atomic E-state index is 0.657. The van der Waals surface area contributed by atoms with Crippen LogP contribution in [0.2, 0.25) is 0 Å². The van der Waals surface area contributed by atoms with E-state index in [9.17, 15) is 0 Å². The fourth-order valence-electron chi connectivity index (χ4n) is 3.28. The molecule has 24 heavy (non-hydrogen) atoms. The van der Waals surface area contributed by atoms with Crippen molar-refractivity contribution in [1.29, 1.82) is 0 Å². The highest BCUT2D eigenvalue weighted by Crippen LogP contribution is 2.43. The van der Waals surface area contributed by atoms with Crippen LogP contribution in [-0.2, 0) is 12.8 Å². The van der Waals surface area contributed by atoms with Gasteiger partial charge in [0, 0.05) is 21.5 Å². The van der Waals surface area contributed by atoms with Crippen LogP contribution in [0.5, 0.6) is 11.5 Å². The van der Waals surface area contributed by atoms with E-state index in [0.717, 1.165) is 45.9 Å². The van der Waals surface area contributed by atoms with Crippen molar-refractivity contribution in [2.75, 3.05) is 13.2 Å². The normalized spacial score (nSPS) is 11.2. The number of benzene rings is 3. The molecule has 0 radical (unpaired) electrons. The van der Waals surface area contributed by atoms with E-state index < -0.39 is 0 Å². The molecule has 2 heteroatoms. The fraction of sp³-hybridized carbons (Fsp3) is 0.364. The Balaban J connectivity index is 2.46. The summed E-state index contributed by atoms with van der Waals surface area (Å²) in [5.41, 5.74) is 2.63. The second-order valence-electron chi connectivity index (χ2n) is 5.99. The molecule has 0 heterocycles. The molecule has 0 amide bonds. The number of ether oxygens (including phenoxy) is 2. The predicted octanol–water partition coefficient (Wildman–Crippen LogP) is 5.92. The van der Waals surface area contributed by atoms with Gasteiger partial charge in [-0.3, -0.25) is 0 Å². The standard InChI is InChI=1S/C22H26O2/c1-5-15-9-11-17-19(13-15)21(23-7-3)18-12-10-16(6-2)14-20(18)22(17)24-8-4/h9-14H,5-8H2,1-4H3. The molecule has 0 aliphatic carbocycles. The summed E-state index contributed by atoms with van der Waals surface area (Å²) in [5, 5.41) is 4.57. The van der Waals surface area contributed by atoms with E-state index in [1.807, 2.05) is 13.8 Å². The lowest BCUT2D eigenvalue weighted by molar-refractivity contribution is 0.342. The second kappa shape index (κ2) is 7.12. The van der Waals surface area contributed by atoms with Crippen molar-refractivity contribution in [2.45, 2.75) is 40.5 Å². The summed E-state index contributed by atoms with van der Waals surface area (Å²) in [6.07, 6.45) is 2.02. The van der Waals surface area contributed by atoms with Gasteiger partial charge in [0.15, 0.2) is 0 Å². The molecule has 0 unspecified atom stereocenters. The Morgan fingerprint density at radius 2 is 1.00 bits per heavy atom. The molecule has 0 N–H and O–H groups in total. The summed E-state index contributed by atoms with van der Waals surface area (Å²) < 4.78 is 12.2. The first kappa shape index (κ1) is 16.6. The van der Waals surface area contributed by atoms with Crippen LogP contribution >= 0.6 is 0 Å². The summed E-state index contributed by atoms with van der Waals surface area (Å²) in [5.74, 6) is 1.95. The maximum absolute atomic E-state index is 6.08. The molecular formula is C22H26O2. The zero-order valence-corrected chi connectivity index (χ0v) is 15.1. The van der Waals surface area contributed by atoms with Crippen LogP contribution in [0.3, 0.4) is 0 Å². The van der Waals surface area contributed by atoms with Gasteiger partial charge in [-0.05, 0) is 49.9 Å². The van der Waals surface area contributed by atoms with E-state index >= 15 is 0 Å². The van der Waals surface area contributed by atoms with Gasteiger partial charge in [-0.25, -0.2) is 0 Å². The van der Waals surface area contributed by atoms with Crippen molar-refractivity contribution in [3.05, 3.63) is 47.5 Å². The third-order valence-electron chi connectivity index (χ3n) is 4.54. The number of hydrogen-bond donors (Lipinski definition) is 0. The maximum Gasteiger partial charge on any atom is 0.135 e. The Morgan fingerprint density at radius 3 is 1.33 bits per heavy atom. The molecule has 3 rings (SSSR count). The molecule has 0 aliphatic rings. The predicted molar refractivity (Wildman–Crippen MR) is 103 cm³/mol. The summed E-state index contributed by atoms with van der Waals surface area (Å²) in [7, 11) is 0. The van der Waals surface area contributed by atoms with Crippen LogP contribution in [0, 0.1) is 0 Å². The number of aryl methyl sites for hydroxylation is 2. The third kappa shape index (κ3) is 2.82. The van der Waals surface area contributed by atoms with Gasteiger partial charge in [0.25, 0.3) is 0 Å². The SMILES string of the molecule is CCOc1c2ccc(CC)cc2c(OCC)c2ccc(CC)cc12. The highest BCUT2D eigenvalue weighted by molar-refractivity contribution is 6.11. The molecule has 2 nitrogen and oxygen atoms in total. The lowest BCUT2D eigenvalue weighted by atomic mass is 9.96. The van der Waals surface area contributed by atoms with Crippen molar-refractivity contribution in [3.63, 3.8) is 0 Å². The molecular weight excluding hydrogens is 296 g/mol. The smallest absolute Gasteiger partial charge is 0.135 e. The van der Waals surface area contributed by atoms with Crippen molar-refractivity contribution < 1.29 is 9.47 Å². The molecule has 0 fully saturated rings. The average Bonchev–Trinajstić information content (AvgIpc) is 2.63. The molecule has 0 atom stereocenters. The molecule has 0 spiro atoms. The highest BCUT2D eigenvalue weighted by Gasteiger charge is 2.16. The van der Waals surface area contributed by atoms with Gasteiger partial charge >= 0.3 is 0 Å². The summed E-state index contributed by atoms with van der Waals surface area (Å²) in [6, 6.07) is 13.2. The van der Waals surface area contributed by atoms with Crippen molar-refractivity contribution in [2.24, 2.45) is 0 Å². The van der Waals surface area contributed by atoms with E-state index in [-0.39, 0.29) is 0 Å². The van der Waals surface area contributed by atoms with Gasteiger partial charge < -0.3 is 9.47 Å². The van der Waals surface area contributed by atoms with Crippen LogP contribution in [-0.4, -0.2) is 13.2 Å². The summed E-state index contributed by atoms with van der Waals surface area (Å²) in [4.78, 5) is 0. The van der Waals surface area contributed by atoms with Gasteiger partial charge in [0.05, 0.1) is 13.2 Å². The van der Waals surface area contributed by atoms with Crippen molar-refractivity contribution >= 4 is 21.5 Å². The monoisotopic (exact) mass is 322 g/mol. The van der Waals surface area contributed by atoms with Gasteiger partial charge in [0.2, 0.25) is 0 Å². The van der Waals surface area contributed by atoms with E-state index in [4.69, 9.17) is 9.47 Å². The lowest BCUT2D eigenvalue weighted by Gasteiger charge is -2.18. The Morgan fingerprint density at radius 1 is 0.583 bits per heavy atom. The van der Waals surface area contributed by atoms with E-state index in [1.54, 1.807) is 0 Å². The fourth-order valence-corrected chi connectivity index (χ4v) is 3.28. The van der Waals surface area contributed by atoms with Gasteiger partial charge in [-0.15, -0.1) is 0 Å². The Bertz CT molecular complexity index is 791. The number of rotatable bonds is 6. The number of hydrogen-bond acceptors (Lipinski definition) is 2. The van der Waals surface area contributed by atoms with Gasteiger partial charge in [-0.2, -0.15) is 0 Å². The highest BCUT2D eigenvalue weighted by atomic mass is 16.5. The third-order valence-corrected chi connectivity index (χ3v) is 4.54. The second-order valence-corrected chi connectivity index (χ2v) is 5.99. The van der Waals surface area contributed by atoms with Gasteiger partial charge in [0.1, 0.15) is 11.5 Å².